The molecule has 0 aromatic heterocycles. The van der Waals surface area contributed by atoms with Crippen LogP contribution < -0.4 is 0 Å². The van der Waals surface area contributed by atoms with E-state index < -0.39 is 28.7 Å². The molecule has 17 heavy (non-hydrogen) atoms. The van der Waals surface area contributed by atoms with E-state index in [9.17, 15) is 14.4 Å². The van der Waals surface area contributed by atoms with Gasteiger partial charge in [-0.25, -0.2) is 0 Å². The van der Waals surface area contributed by atoms with Crippen molar-refractivity contribution < 1.29 is 24.6 Å². The third-order valence-corrected chi connectivity index (χ3v) is 3.00. The van der Waals surface area contributed by atoms with Crippen molar-refractivity contribution in [3.8, 4) is 0 Å². The fourth-order valence-electron chi connectivity index (χ4n) is 1.11. The van der Waals surface area contributed by atoms with Crippen molar-refractivity contribution in [2.75, 3.05) is 0 Å². The highest BCUT2D eigenvalue weighted by molar-refractivity contribution is 8.15. The minimum absolute atomic E-state index is 0.356. The Kier molecular flexibility index (Phi) is 4.71. The van der Waals surface area contributed by atoms with Gasteiger partial charge in [-0.05, 0) is 0 Å². The first-order chi connectivity index (χ1) is 8.00. The molecule has 1 aromatic carbocycles. The molecule has 6 heteroatoms. The molecule has 0 heterocycles. The molecule has 0 bridgehead atoms. The highest BCUT2D eigenvalue weighted by Gasteiger charge is 2.25. The van der Waals surface area contributed by atoms with Crippen LogP contribution in [-0.2, 0) is 9.59 Å². The molecule has 5 nitrogen and oxygen atoms in total. The summed E-state index contributed by atoms with van der Waals surface area (Å²) in [6.07, 6.45) is -0.585. The van der Waals surface area contributed by atoms with Crippen molar-refractivity contribution >= 4 is 28.8 Å². The highest BCUT2D eigenvalue weighted by Crippen LogP contribution is 2.20. The van der Waals surface area contributed by atoms with Crippen LogP contribution in [0.2, 0.25) is 0 Å². The van der Waals surface area contributed by atoms with Crippen molar-refractivity contribution in [3.63, 3.8) is 0 Å². The number of aliphatic carboxylic acids is 2. The maximum Gasteiger partial charge on any atom is 0.317 e. The summed E-state index contributed by atoms with van der Waals surface area (Å²) in [5.74, 6) is -2.55. The Morgan fingerprint density at radius 2 is 1.71 bits per heavy atom. The second-order valence-electron chi connectivity index (χ2n) is 3.20. The number of carbonyl (C=O) groups excluding carboxylic acids is 1. The van der Waals surface area contributed by atoms with Crippen LogP contribution in [0.1, 0.15) is 16.8 Å². The quantitative estimate of drug-likeness (QED) is 0.827. The minimum Gasteiger partial charge on any atom is -0.481 e. The predicted octanol–water partition coefficient (Wildman–Crippen LogP) is 1.49. The van der Waals surface area contributed by atoms with Gasteiger partial charge in [-0.2, -0.15) is 0 Å². The van der Waals surface area contributed by atoms with E-state index in [0.717, 1.165) is 0 Å². The van der Waals surface area contributed by atoms with Gasteiger partial charge >= 0.3 is 11.9 Å². The summed E-state index contributed by atoms with van der Waals surface area (Å²) in [7, 11) is 0. The first-order valence-electron chi connectivity index (χ1n) is 4.71. The molecule has 1 rings (SSSR count). The van der Waals surface area contributed by atoms with E-state index in [1.165, 1.54) is 0 Å². The average molecular weight is 254 g/mol. The van der Waals surface area contributed by atoms with Gasteiger partial charge < -0.3 is 10.2 Å². The van der Waals surface area contributed by atoms with Crippen LogP contribution in [0.25, 0.3) is 0 Å². The van der Waals surface area contributed by atoms with Gasteiger partial charge in [-0.3, -0.25) is 14.4 Å². The van der Waals surface area contributed by atoms with Crippen molar-refractivity contribution in [1.29, 1.82) is 0 Å². The monoisotopic (exact) mass is 254 g/mol. The van der Waals surface area contributed by atoms with E-state index >= 15 is 0 Å². The van der Waals surface area contributed by atoms with Gasteiger partial charge in [0.25, 0.3) is 0 Å². The Balaban J connectivity index is 2.71. The van der Waals surface area contributed by atoms with E-state index in [2.05, 4.69) is 0 Å². The Morgan fingerprint density at radius 1 is 1.12 bits per heavy atom. The van der Waals surface area contributed by atoms with E-state index in [0.29, 0.717) is 17.3 Å². The van der Waals surface area contributed by atoms with Crippen molar-refractivity contribution in [1.82, 2.24) is 0 Å². The van der Waals surface area contributed by atoms with E-state index in [1.54, 1.807) is 30.3 Å². The molecule has 0 saturated heterocycles. The molecule has 0 radical (unpaired) electrons. The van der Waals surface area contributed by atoms with Gasteiger partial charge in [0.1, 0.15) is 5.25 Å². The standard InChI is InChI=1S/C11H10O5S/c12-9(13)6-8(10(14)15)17-11(16)7-4-2-1-3-5-7/h1-5,8H,6H2,(H,12,13)(H,14,15)/t8-/m0/s1. The summed E-state index contributed by atoms with van der Waals surface area (Å²) < 4.78 is 0. The second kappa shape index (κ2) is 6.05. The van der Waals surface area contributed by atoms with Gasteiger partial charge in [-0.1, -0.05) is 42.1 Å². The number of hydrogen-bond donors (Lipinski definition) is 2. The second-order valence-corrected chi connectivity index (χ2v) is 4.37. The fraction of sp³-hybridized carbons (Fsp3) is 0.182. The van der Waals surface area contributed by atoms with Gasteiger partial charge in [0.2, 0.25) is 5.12 Å². The Labute approximate surface area is 101 Å². The summed E-state index contributed by atoms with van der Waals surface area (Å²) in [6.45, 7) is 0. The lowest BCUT2D eigenvalue weighted by atomic mass is 10.2. The van der Waals surface area contributed by atoms with Crippen LogP contribution in [0.15, 0.2) is 30.3 Å². The fourth-order valence-corrected chi connectivity index (χ4v) is 1.97. The molecular weight excluding hydrogens is 244 g/mol. The first-order valence-corrected chi connectivity index (χ1v) is 5.59. The zero-order valence-corrected chi connectivity index (χ0v) is 9.52. The SMILES string of the molecule is O=C(O)C[C@H](SC(=O)c1ccccc1)C(=O)O. The van der Waals surface area contributed by atoms with Gasteiger partial charge in [0.05, 0.1) is 6.42 Å². The largest absolute Gasteiger partial charge is 0.481 e. The average Bonchev–Trinajstić information content (AvgIpc) is 2.28. The van der Waals surface area contributed by atoms with Crippen molar-refractivity contribution in [2.24, 2.45) is 0 Å². The van der Waals surface area contributed by atoms with Crippen molar-refractivity contribution in [3.05, 3.63) is 35.9 Å². The normalized spacial score (nSPS) is 11.8. The summed E-state index contributed by atoms with van der Waals surface area (Å²) >= 11 is 0.515. The summed E-state index contributed by atoms with van der Waals surface area (Å²) in [6, 6.07) is 8.14. The zero-order valence-electron chi connectivity index (χ0n) is 8.70. The van der Waals surface area contributed by atoms with Gasteiger partial charge in [-0.15, -0.1) is 0 Å². The summed E-state index contributed by atoms with van der Waals surface area (Å²) in [5, 5.41) is 15.6. The minimum atomic E-state index is -1.30. The molecular formula is C11H10O5S. The smallest absolute Gasteiger partial charge is 0.317 e. The number of carbonyl (C=O) groups is 3. The van der Waals surface area contributed by atoms with Gasteiger partial charge in [0, 0.05) is 5.56 Å². The maximum absolute atomic E-state index is 11.6. The Hall–Kier alpha value is -1.82. The van der Waals surface area contributed by atoms with Crippen LogP contribution >= 0.6 is 11.8 Å². The molecule has 0 fully saturated rings. The molecule has 1 atom stereocenters. The van der Waals surface area contributed by atoms with Crippen LogP contribution in [-0.4, -0.2) is 32.5 Å². The topological polar surface area (TPSA) is 91.7 Å². The van der Waals surface area contributed by atoms with E-state index in [1.807, 2.05) is 0 Å². The lowest BCUT2D eigenvalue weighted by molar-refractivity contribution is -0.142. The van der Waals surface area contributed by atoms with Crippen molar-refractivity contribution in [2.45, 2.75) is 11.7 Å². The molecule has 0 saturated carbocycles. The van der Waals surface area contributed by atoms with Crippen LogP contribution in [0.4, 0.5) is 0 Å². The van der Waals surface area contributed by atoms with Crippen LogP contribution in [0.5, 0.6) is 0 Å². The molecule has 1 aromatic rings. The number of carboxylic acids is 2. The third kappa shape index (κ3) is 4.28. The Morgan fingerprint density at radius 3 is 2.18 bits per heavy atom. The molecule has 90 valence electrons. The molecule has 2 N–H and O–H groups in total. The lowest BCUT2D eigenvalue weighted by Gasteiger charge is -2.08. The highest BCUT2D eigenvalue weighted by atomic mass is 32.2. The van der Waals surface area contributed by atoms with Crippen LogP contribution in [0, 0.1) is 0 Å². The van der Waals surface area contributed by atoms with Gasteiger partial charge in [0.15, 0.2) is 0 Å². The predicted molar refractivity (Wildman–Crippen MR) is 62.0 cm³/mol. The number of hydrogen-bond acceptors (Lipinski definition) is 4. The molecule has 0 aliphatic rings. The summed E-state index contributed by atoms with van der Waals surface area (Å²) in [5.41, 5.74) is 0.356. The molecule has 0 amide bonds. The van der Waals surface area contributed by atoms with Crippen LogP contribution in [0.3, 0.4) is 0 Å². The number of thioether (sulfide) groups is 1. The summed E-state index contributed by atoms with van der Waals surface area (Å²) in [4.78, 5) is 32.9. The lowest BCUT2D eigenvalue weighted by Crippen LogP contribution is -2.22. The van der Waals surface area contributed by atoms with E-state index in [-0.39, 0.29) is 0 Å². The molecule has 0 spiro atoms. The zero-order chi connectivity index (χ0) is 12.8. The molecule has 0 aliphatic heterocycles. The number of benzene rings is 1. The molecule has 0 unspecified atom stereocenters. The third-order valence-electron chi connectivity index (χ3n) is 1.89. The number of rotatable bonds is 5. The maximum atomic E-state index is 11.6. The first kappa shape index (κ1) is 13.2. The Bertz CT molecular complexity index is 429. The molecule has 0 aliphatic carbocycles. The van der Waals surface area contributed by atoms with E-state index in [4.69, 9.17) is 10.2 Å². The number of carboxylic acid groups (broad SMARTS) is 2.